The van der Waals surface area contributed by atoms with Gasteiger partial charge in [0.25, 0.3) is 15.5 Å². The molecule has 0 bridgehead atoms. The van der Waals surface area contributed by atoms with Crippen molar-refractivity contribution in [2.24, 2.45) is 0 Å². The molecule has 14 nitrogen and oxygen atoms in total. The quantitative estimate of drug-likeness (QED) is 0.205. The molecule has 238 valence electrons. The van der Waals surface area contributed by atoms with Crippen molar-refractivity contribution in [3.63, 3.8) is 0 Å². The van der Waals surface area contributed by atoms with Crippen LogP contribution in [0.25, 0.3) is 0 Å². The summed E-state index contributed by atoms with van der Waals surface area (Å²) in [6.07, 6.45) is -7.21. The molecule has 43 heavy (non-hydrogen) atoms. The van der Waals surface area contributed by atoms with Crippen molar-refractivity contribution in [1.82, 2.24) is 5.32 Å². The third-order valence-electron chi connectivity index (χ3n) is 5.95. The van der Waals surface area contributed by atoms with Gasteiger partial charge in [0.1, 0.15) is 18.8 Å². The van der Waals surface area contributed by atoms with Gasteiger partial charge in [-0.25, -0.2) is 9.59 Å². The van der Waals surface area contributed by atoms with E-state index in [0.717, 1.165) is 35.0 Å². The van der Waals surface area contributed by atoms with E-state index in [1.54, 1.807) is 18.2 Å². The molecule has 1 aromatic rings. The van der Waals surface area contributed by atoms with Crippen molar-refractivity contribution in [2.75, 3.05) is 20.8 Å². The van der Waals surface area contributed by atoms with Crippen LogP contribution in [0.15, 0.2) is 30.3 Å². The van der Waals surface area contributed by atoms with Crippen LogP contribution in [-0.4, -0.2) is 96.6 Å². The monoisotopic (exact) mass is 669 g/mol. The highest BCUT2D eigenvalue weighted by Crippen LogP contribution is 2.37. The average Bonchev–Trinajstić information content (AvgIpc) is 2.93. The van der Waals surface area contributed by atoms with Gasteiger partial charge >= 0.3 is 29.8 Å². The molecule has 1 fully saturated rings. The molecule has 0 spiro atoms. The number of alkyl halides is 3. The van der Waals surface area contributed by atoms with E-state index in [4.69, 9.17) is 68.0 Å². The number of benzene rings is 1. The van der Waals surface area contributed by atoms with Crippen LogP contribution in [0.3, 0.4) is 0 Å². The van der Waals surface area contributed by atoms with Crippen LogP contribution in [0.1, 0.15) is 37.6 Å². The summed E-state index contributed by atoms with van der Waals surface area (Å²) < 4.78 is 35.2. The third-order valence-corrected chi connectivity index (χ3v) is 6.46. The van der Waals surface area contributed by atoms with Crippen LogP contribution in [0.4, 0.5) is 0 Å². The van der Waals surface area contributed by atoms with Crippen molar-refractivity contribution in [1.29, 1.82) is 0 Å². The third kappa shape index (κ3) is 9.93. The summed E-state index contributed by atoms with van der Waals surface area (Å²) in [7, 11) is 2.10. The summed E-state index contributed by atoms with van der Waals surface area (Å²) in [4.78, 5) is 75.0. The molecule has 1 N–H and O–H groups in total. The highest BCUT2D eigenvalue weighted by molar-refractivity contribution is 6.76. The summed E-state index contributed by atoms with van der Waals surface area (Å²) in [6, 6.07) is 6.22. The zero-order valence-electron chi connectivity index (χ0n) is 23.6. The predicted octanol–water partition coefficient (Wildman–Crippen LogP) is 1.80. The number of rotatable bonds is 11. The van der Waals surface area contributed by atoms with Crippen LogP contribution in [0.5, 0.6) is 0 Å². The van der Waals surface area contributed by atoms with Gasteiger partial charge in [-0.3, -0.25) is 19.2 Å². The maximum Gasteiger partial charge on any atom is 0.366 e. The molecule has 1 heterocycles. The number of nitrogens with one attached hydrogen (secondary N) is 1. The Bertz CT molecular complexity index is 1190. The maximum absolute atomic E-state index is 12.9. The lowest BCUT2D eigenvalue weighted by Crippen LogP contribution is -2.69. The smallest absolute Gasteiger partial charge is 0.366 e. The van der Waals surface area contributed by atoms with Crippen LogP contribution in [0, 0.1) is 0 Å². The Morgan fingerprint density at radius 3 is 2.07 bits per heavy atom. The minimum absolute atomic E-state index is 0.147. The number of amides is 1. The van der Waals surface area contributed by atoms with Crippen molar-refractivity contribution in [3.8, 4) is 0 Å². The van der Waals surface area contributed by atoms with Gasteiger partial charge in [-0.2, -0.15) is 0 Å². The van der Waals surface area contributed by atoms with Gasteiger partial charge in [-0.1, -0.05) is 53.0 Å². The fourth-order valence-corrected chi connectivity index (χ4v) is 4.39. The summed E-state index contributed by atoms with van der Waals surface area (Å²) in [5, 5.41) is 2.35. The Morgan fingerprint density at radius 1 is 0.977 bits per heavy atom. The second-order valence-corrected chi connectivity index (χ2v) is 11.3. The average molecular weight is 671 g/mol. The molecule has 0 radical (unpaired) electrons. The molecule has 2 rings (SSSR count). The first-order valence-corrected chi connectivity index (χ1v) is 13.6. The highest BCUT2D eigenvalue weighted by Gasteiger charge is 2.59. The minimum Gasteiger partial charge on any atom is -0.465 e. The Balaban J connectivity index is 2.69. The molecule has 17 heteroatoms. The molecule has 0 saturated carbocycles. The summed E-state index contributed by atoms with van der Waals surface area (Å²) in [6.45, 7) is 2.35. The molecule has 0 aromatic heterocycles. The van der Waals surface area contributed by atoms with Crippen molar-refractivity contribution >= 4 is 70.6 Å². The van der Waals surface area contributed by atoms with Crippen molar-refractivity contribution < 1.29 is 61.9 Å². The van der Waals surface area contributed by atoms with E-state index >= 15 is 0 Å². The number of hydrogen-bond donors (Lipinski definition) is 1. The number of methoxy groups -OCH3 is 2. The van der Waals surface area contributed by atoms with E-state index < -0.39 is 88.8 Å². The Morgan fingerprint density at radius 2 is 1.58 bits per heavy atom. The maximum atomic E-state index is 12.9. The second-order valence-electron chi connectivity index (χ2n) is 9.07. The number of carbonyl (C=O) groups excluding carboxylic acids is 6. The Hall–Kier alpha value is -3.17. The second kappa shape index (κ2) is 15.5. The van der Waals surface area contributed by atoms with E-state index in [0.29, 0.717) is 0 Å². The topological polar surface area (TPSA) is 179 Å². The number of carbonyl (C=O) groups is 6. The van der Waals surface area contributed by atoms with Gasteiger partial charge in [0.05, 0.1) is 25.1 Å². The number of hydrogen-bond acceptors (Lipinski definition) is 13. The molecule has 0 aliphatic carbocycles. The van der Waals surface area contributed by atoms with Gasteiger partial charge in [-0.15, -0.1) is 0 Å². The summed E-state index contributed by atoms with van der Waals surface area (Å²) >= 11 is 17.3. The lowest BCUT2D eigenvalue weighted by molar-refractivity contribution is -0.307. The highest BCUT2D eigenvalue weighted by atomic mass is 35.6. The normalized spacial score (nSPS) is 23.1. The molecule has 1 aliphatic heterocycles. The predicted molar refractivity (Wildman–Crippen MR) is 147 cm³/mol. The number of halogens is 3. The zero-order chi connectivity index (χ0) is 32.5. The molecule has 1 amide bonds. The van der Waals surface area contributed by atoms with Gasteiger partial charge in [-0.05, 0) is 12.1 Å². The summed E-state index contributed by atoms with van der Waals surface area (Å²) in [5.41, 5.74) is 0.147. The van der Waals surface area contributed by atoms with E-state index in [9.17, 15) is 28.8 Å². The standard InChI is InChI=1S/C26H30Cl3NO13/c1-13(31)40-17-11-25(38-5,24(36)37-4)43-21(19(17)30-23(35)26(27,28)29)20(42-15(3)33)18(41-14(2)32)12-39-22(34)16-9-7-6-8-10-16/h6-10,17-21H,11-12H2,1-5H3,(H,30,35)/t17-,18-,19-,20-,21?,25+/m1/s1. The lowest BCUT2D eigenvalue weighted by Gasteiger charge is -2.48. The first-order chi connectivity index (χ1) is 20.0. The van der Waals surface area contributed by atoms with Crippen molar-refractivity contribution in [3.05, 3.63) is 35.9 Å². The molecular weight excluding hydrogens is 641 g/mol. The Kier molecular flexibility index (Phi) is 13.0. The first kappa shape index (κ1) is 36.0. The zero-order valence-corrected chi connectivity index (χ0v) is 25.9. The SMILES string of the molecule is COC(=O)[C@]1(OC)C[C@@H](OC(C)=O)[C@@H](NC(=O)C(Cl)(Cl)Cl)C([C@H](OC(C)=O)[C@@H](COC(=O)c2ccccc2)OC(C)=O)O1. The molecule has 6 atom stereocenters. The van der Waals surface area contributed by atoms with Gasteiger partial charge in [0, 0.05) is 27.9 Å². The lowest BCUT2D eigenvalue weighted by atomic mass is 9.88. The van der Waals surface area contributed by atoms with E-state index in [1.165, 1.54) is 12.1 Å². The molecule has 1 aromatic carbocycles. The van der Waals surface area contributed by atoms with Crippen LogP contribution in [0.2, 0.25) is 0 Å². The fraction of sp³-hybridized carbons (Fsp3) is 0.538. The van der Waals surface area contributed by atoms with Gasteiger partial charge in [0.15, 0.2) is 12.2 Å². The van der Waals surface area contributed by atoms with Crippen LogP contribution >= 0.6 is 34.8 Å². The fourth-order valence-electron chi connectivity index (χ4n) is 4.22. The van der Waals surface area contributed by atoms with Crippen LogP contribution in [-0.2, 0) is 57.1 Å². The number of esters is 5. The van der Waals surface area contributed by atoms with Gasteiger partial charge < -0.3 is 38.5 Å². The largest absolute Gasteiger partial charge is 0.465 e. The number of ether oxygens (including phenoxy) is 7. The molecule has 1 saturated heterocycles. The van der Waals surface area contributed by atoms with Crippen LogP contribution < -0.4 is 5.32 Å². The minimum atomic E-state index is -2.54. The van der Waals surface area contributed by atoms with E-state index in [-0.39, 0.29) is 5.56 Å². The molecular formula is C26H30Cl3NO13. The summed E-state index contributed by atoms with van der Waals surface area (Å²) in [5.74, 6) is -8.21. The molecule has 1 aliphatic rings. The molecule has 1 unspecified atom stereocenters. The first-order valence-electron chi connectivity index (χ1n) is 12.5. The van der Waals surface area contributed by atoms with Crippen molar-refractivity contribution in [2.45, 2.75) is 67.2 Å². The van der Waals surface area contributed by atoms with E-state index in [2.05, 4.69) is 5.32 Å². The van der Waals surface area contributed by atoms with E-state index in [1.807, 2.05) is 0 Å². The van der Waals surface area contributed by atoms with Gasteiger partial charge in [0.2, 0.25) is 0 Å². The Labute approximate surface area is 261 Å².